The molecular formula is C19H22N4O5S. The van der Waals surface area contributed by atoms with Crippen LogP contribution in [0.25, 0.3) is 0 Å². The van der Waals surface area contributed by atoms with Gasteiger partial charge in [0, 0.05) is 18.0 Å². The Morgan fingerprint density at radius 3 is 2.69 bits per heavy atom. The van der Waals surface area contributed by atoms with Crippen LogP contribution in [0.4, 0.5) is 10.8 Å². The van der Waals surface area contributed by atoms with Crippen LogP contribution in [0, 0.1) is 16.0 Å². The van der Waals surface area contributed by atoms with Crippen molar-refractivity contribution in [3.05, 3.63) is 38.9 Å². The Morgan fingerprint density at radius 2 is 2.00 bits per heavy atom. The van der Waals surface area contributed by atoms with Gasteiger partial charge in [-0.05, 0) is 31.8 Å². The van der Waals surface area contributed by atoms with Gasteiger partial charge < -0.3 is 9.47 Å². The van der Waals surface area contributed by atoms with Crippen LogP contribution in [-0.2, 0) is 6.54 Å². The van der Waals surface area contributed by atoms with E-state index >= 15 is 0 Å². The molecule has 2 aliphatic heterocycles. The first kappa shape index (κ1) is 19.6. The Labute approximate surface area is 171 Å². The molecular weight excluding hydrogens is 396 g/mol. The minimum atomic E-state index is -0.599. The Kier molecular flexibility index (Phi) is 5.63. The van der Waals surface area contributed by atoms with Crippen LogP contribution >= 0.6 is 11.3 Å². The maximum Gasteiger partial charge on any atom is 0.286 e. The molecule has 1 saturated heterocycles. The predicted octanol–water partition coefficient (Wildman–Crippen LogP) is 3.31. The number of thiazole rings is 1. The molecule has 29 heavy (non-hydrogen) atoms. The van der Waals surface area contributed by atoms with Gasteiger partial charge in [-0.3, -0.25) is 25.1 Å². The van der Waals surface area contributed by atoms with Crippen LogP contribution in [0.3, 0.4) is 0 Å². The zero-order valence-corrected chi connectivity index (χ0v) is 16.9. The number of ether oxygens (including phenoxy) is 2. The van der Waals surface area contributed by atoms with Gasteiger partial charge in [0.05, 0.1) is 16.7 Å². The topological polar surface area (TPSA) is 107 Å². The van der Waals surface area contributed by atoms with Gasteiger partial charge >= 0.3 is 0 Å². The number of rotatable bonds is 5. The van der Waals surface area contributed by atoms with Crippen molar-refractivity contribution >= 4 is 28.1 Å². The first-order valence-corrected chi connectivity index (χ1v) is 10.4. The van der Waals surface area contributed by atoms with Crippen LogP contribution in [0.2, 0.25) is 0 Å². The molecule has 4 rings (SSSR count). The molecule has 10 heteroatoms. The number of carbonyl (C=O) groups is 1. The number of aromatic nitrogens is 1. The number of nitrogens with one attached hydrogen (secondary N) is 1. The summed E-state index contributed by atoms with van der Waals surface area (Å²) in [4.78, 5) is 30.4. The zero-order valence-electron chi connectivity index (χ0n) is 16.1. The van der Waals surface area contributed by atoms with E-state index in [0.29, 0.717) is 24.1 Å². The number of amides is 1. The predicted molar refractivity (Wildman–Crippen MR) is 108 cm³/mol. The number of piperidine rings is 1. The lowest BCUT2D eigenvalue weighted by Gasteiger charge is -2.29. The number of benzene rings is 1. The van der Waals surface area contributed by atoms with Crippen molar-refractivity contribution in [1.82, 2.24) is 9.88 Å². The molecule has 0 unspecified atom stereocenters. The fraction of sp³-hybridized carbons (Fsp3) is 0.474. The van der Waals surface area contributed by atoms with E-state index in [1.807, 2.05) is 5.38 Å². The Hall–Kier alpha value is -2.72. The second-order valence-corrected chi connectivity index (χ2v) is 8.19. The molecule has 154 valence electrons. The molecule has 1 aromatic carbocycles. The van der Waals surface area contributed by atoms with E-state index in [-0.39, 0.29) is 17.0 Å². The lowest BCUT2D eigenvalue weighted by molar-refractivity contribution is -0.385. The third kappa shape index (κ3) is 4.48. The van der Waals surface area contributed by atoms with Crippen LogP contribution in [0.5, 0.6) is 11.5 Å². The zero-order chi connectivity index (χ0) is 20.4. The number of anilines is 1. The van der Waals surface area contributed by atoms with Crippen molar-refractivity contribution in [2.45, 2.75) is 26.3 Å². The third-order valence-corrected chi connectivity index (χ3v) is 5.94. The number of nitrogens with zero attached hydrogens (tertiary/aromatic N) is 3. The molecule has 1 N–H and O–H groups in total. The second-order valence-electron chi connectivity index (χ2n) is 7.33. The number of fused-ring (bicyclic) bond motifs is 1. The molecule has 2 aromatic rings. The van der Waals surface area contributed by atoms with E-state index in [1.165, 1.54) is 36.3 Å². The van der Waals surface area contributed by atoms with Crippen molar-refractivity contribution < 1.29 is 19.2 Å². The number of nitro benzene ring substituents is 1. The highest BCUT2D eigenvalue weighted by atomic mass is 32.1. The van der Waals surface area contributed by atoms with E-state index in [0.717, 1.165) is 31.2 Å². The molecule has 0 aliphatic carbocycles. The summed E-state index contributed by atoms with van der Waals surface area (Å²) in [5, 5.41) is 16.4. The Bertz CT molecular complexity index is 923. The van der Waals surface area contributed by atoms with Gasteiger partial charge in [0.2, 0.25) is 0 Å². The number of hydrogen-bond acceptors (Lipinski definition) is 8. The molecule has 1 amide bonds. The molecule has 0 saturated carbocycles. The Morgan fingerprint density at radius 1 is 1.31 bits per heavy atom. The number of hydrogen-bond donors (Lipinski definition) is 1. The molecule has 0 spiro atoms. The molecule has 9 nitrogen and oxygen atoms in total. The minimum absolute atomic E-state index is 0.0824. The number of carbonyl (C=O) groups excluding carboxylic acids is 1. The highest BCUT2D eigenvalue weighted by Crippen LogP contribution is 2.37. The van der Waals surface area contributed by atoms with Gasteiger partial charge in [-0.1, -0.05) is 6.92 Å². The fourth-order valence-electron chi connectivity index (χ4n) is 3.46. The molecule has 1 aromatic heterocycles. The van der Waals surface area contributed by atoms with Crippen molar-refractivity contribution in [1.29, 1.82) is 0 Å². The summed E-state index contributed by atoms with van der Waals surface area (Å²) in [5.74, 6) is 0.762. The first-order chi connectivity index (χ1) is 14.0. The van der Waals surface area contributed by atoms with Crippen LogP contribution in [0.1, 0.15) is 35.8 Å². The first-order valence-electron chi connectivity index (χ1n) is 9.55. The Balaban J connectivity index is 1.47. The molecule has 0 radical (unpaired) electrons. The molecule has 3 heterocycles. The summed E-state index contributed by atoms with van der Waals surface area (Å²) in [5.41, 5.74) is 0.475. The molecule has 1 fully saturated rings. The van der Waals surface area contributed by atoms with E-state index in [1.54, 1.807) is 0 Å². The third-order valence-electron chi connectivity index (χ3n) is 5.14. The van der Waals surface area contributed by atoms with Crippen LogP contribution in [-0.4, -0.2) is 47.0 Å². The summed E-state index contributed by atoms with van der Waals surface area (Å²) >= 11 is 1.31. The van der Waals surface area contributed by atoms with E-state index in [9.17, 15) is 14.9 Å². The quantitative estimate of drug-likeness (QED) is 0.586. The van der Waals surface area contributed by atoms with Gasteiger partial charge in [0.15, 0.2) is 16.6 Å². The summed E-state index contributed by atoms with van der Waals surface area (Å²) < 4.78 is 10.8. The second kappa shape index (κ2) is 8.34. The summed E-state index contributed by atoms with van der Waals surface area (Å²) in [6, 6.07) is 2.58. The maximum absolute atomic E-state index is 12.7. The van der Waals surface area contributed by atoms with Gasteiger partial charge in [-0.2, -0.15) is 0 Å². The van der Waals surface area contributed by atoms with Crippen LogP contribution in [0.15, 0.2) is 17.5 Å². The number of likely N-dealkylation sites (tertiary alicyclic amines) is 1. The summed E-state index contributed by atoms with van der Waals surface area (Å²) in [6.07, 6.45) is 2.36. The molecule has 0 bridgehead atoms. The van der Waals surface area contributed by atoms with Gasteiger partial charge in [-0.25, -0.2) is 4.98 Å². The van der Waals surface area contributed by atoms with Crippen LogP contribution < -0.4 is 14.8 Å². The summed E-state index contributed by atoms with van der Waals surface area (Å²) in [6.45, 7) is 5.74. The van der Waals surface area contributed by atoms with Gasteiger partial charge in [-0.15, -0.1) is 11.3 Å². The minimum Gasteiger partial charge on any atom is -0.486 e. The van der Waals surface area contributed by atoms with Gasteiger partial charge in [0.25, 0.3) is 11.6 Å². The highest BCUT2D eigenvalue weighted by Gasteiger charge is 2.27. The fourth-order valence-corrected chi connectivity index (χ4v) is 4.16. The highest BCUT2D eigenvalue weighted by molar-refractivity contribution is 7.14. The van der Waals surface area contributed by atoms with E-state index < -0.39 is 10.8 Å². The lowest BCUT2D eigenvalue weighted by Crippen LogP contribution is -2.32. The van der Waals surface area contributed by atoms with Crippen molar-refractivity contribution in [2.75, 3.05) is 31.6 Å². The van der Waals surface area contributed by atoms with Crippen molar-refractivity contribution in [3.8, 4) is 11.5 Å². The maximum atomic E-state index is 12.7. The van der Waals surface area contributed by atoms with Gasteiger partial charge in [0.1, 0.15) is 18.8 Å². The molecule has 2 aliphatic rings. The normalized spacial score (nSPS) is 17.1. The largest absolute Gasteiger partial charge is 0.486 e. The average molecular weight is 418 g/mol. The SMILES string of the molecule is CC1CCN(Cc2csc(NC(=O)c3cc4c(cc3[N+](=O)[O-])OCCO4)n2)CC1. The molecule has 0 atom stereocenters. The van der Waals surface area contributed by atoms with E-state index in [2.05, 4.69) is 22.1 Å². The summed E-state index contributed by atoms with van der Waals surface area (Å²) in [7, 11) is 0. The smallest absolute Gasteiger partial charge is 0.286 e. The monoisotopic (exact) mass is 418 g/mol. The standard InChI is InChI=1S/C19H22N4O5S/c1-12-2-4-22(5-3-12)10-13-11-29-19(20-13)21-18(24)14-8-16-17(28-7-6-27-16)9-15(14)23(25)26/h8-9,11-12H,2-7,10H2,1H3,(H,20,21,24). The van der Waals surface area contributed by atoms with Crippen molar-refractivity contribution in [2.24, 2.45) is 5.92 Å². The number of nitro groups is 1. The van der Waals surface area contributed by atoms with Crippen molar-refractivity contribution in [3.63, 3.8) is 0 Å². The average Bonchev–Trinajstić information content (AvgIpc) is 3.15. The van der Waals surface area contributed by atoms with E-state index in [4.69, 9.17) is 9.47 Å². The lowest BCUT2D eigenvalue weighted by atomic mass is 9.99.